The van der Waals surface area contributed by atoms with E-state index in [1.807, 2.05) is 0 Å². The van der Waals surface area contributed by atoms with E-state index < -0.39 is 17.6 Å². The van der Waals surface area contributed by atoms with Crippen molar-refractivity contribution in [2.75, 3.05) is 20.3 Å². The summed E-state index contributed by atoms with van der Waals surface area (Å²) in [5.74, 6) is -0.481. The fourth-order valence-electron chi connectivity index (χ4n) is 2.37. The number of nitrogens with zero attached hydrogens (tertiary/aromatic N) is 4. The molecular weight excluding hydrogens is 351 g/mol. The maximum Gasteiger partial charge on any atom is 0.416 e. The smallest absolute Gasteiger partial charge is 0.383 e. The third-order valence-corrected chi connectivity index (χ3v) is 3.59. The molecule has 2 aromatic heterocycles. The zero-order valence-corrected chi connectivity index (χ0v) is 13.6. The molecule has 0 atom stereocenters. The van der Waals surface area contributed by atoms with Gasteiger partial charge in [0.05, 0.1) is 12.2 Å². The van der Waals surface area contributed by atoms with Crippen molar-refractivity contribution in [3.63, 3.8) is 0 Å². The van der Waals surface area contributed by atoms with Gasteiger partial charge in [-0.05, 0) is 23.8 Å². The fourth-order valence-corrected chi connectivity index (χ4v) is 2.37. The van der Waals surface area contributed by atoms with Crippen molar-refractivity contribution in [2.45, 2.75) is 6.18 Å². The molecule has 0 fully saturated rings. The van der Waals surface area contributed by atoms with Crippen LogP contribution < -0.4 is 5.32 Å². The molecule has 0 saturated heterocycles. The summed E-state index contributed by atoms with van der Waals surface area (Å²) in [6.07, 6.45) is -3.20. The normalized spacial score (nSPS) is 11.7. The largest absolute Gasteiger partial charge is 0.416 e. The van der Waals surface area contributed by atoms with Crippen LogP contribution in [0.25, 0.3) is 16.8 Å². The molecule has 0 bridgehead atoms. The summed E-state index contributed by atoms with van der Waals surface area (Å²) in [5, 5.41) is 14.3. The number of methoxy groups -OCH3 is 1. The van der Waals surface area contributed by atoms with Crippen molar-refractivity contribution >= 4 is 11.6 Å². The maximum atomic E-state index is 13.0. The molecule has 0 saturated carbocycles. The van der Waals surface area contributed by atoms with Gasteiger partial charge < -0.3 is 10.1 Å². The van der Waals surface area contributed by atoms with Gasteiger partial charge in [0.1, 0.15) is 12.0 Å². The first-order valence-corrected chi connectivity index (χ1v) is 7.56. The van der Waals surface area contributed by atoms with Crippen LogP contribution in [0.1, 0.15) is 16.1 Å². The van der Waals surface area contributed by atoms with Gasteiger partial charge in [0.25, 0.3) is 5.91 Å². The van der Waals surface area contributed by atoms with Crippen LogP contribution in [-0.4, -0.2) is 46.0 Å². The van der Waals surface area contributed by atoms with Crippen molar-refractivity contribution < 1.29 is 22.7 Å². The maximum absolute atomic E-state index is 13.0. The molecule has 2 heterocycles. The van der Waals surface area contributed by atoms with Gasteiger partial charge in [-0.1, -0.05) is 12.1 Å². The number of hydrogen-bond acceptors (Lipinski definition) is 5. The minimum atomic E-state index is -4.48. The van der Waals surface area contributed by atoms with Crippen LogP contribution in [0.2, 0.25) is 0 Å². The summed E-state index contributed by atoms with van der Waals surface area (Å²) in [6.45, 7) is 0.594. The quantitative estimate of drug-likeness (QED) is 0.701. The van der Waals surface area contributed by atoms with Crippen LogP contribution in [-0.2, 0) is 10.9 Å². The summed E-state index contributed by atoms with van der Waals surface area (Å²) in [7, 11) is 1.50. The highest BCUT2D eigenvalue weighted by Crippen LogP contribution is 2.33. The Hall–Kier alpha value is -3.01. The molecule has 3 rings (SSSR count). The van der Waals surface area contributed by atoms with Crippen molar-refractivity contribution in [2.24, 2.45) is 0 Å². The first-order chi connectivity index (χ1) is 12.4. The molecule has 0 aliphatic heterocycles. The standard InChI is InChI=1S/C16H14F3N5O2/c1-26-6-5-20-15(25)13-8-12(14-22-21-9-24(14)23-13)10-3-2-4-11(7-10)16(17,18)19/h2-4,7-9H,5-6H2,1H3,(H,20,25). The number of hydrogen-bond donors (Lipinski definition) is 1. The van der Waals surface area contributed by atoms with Crippen LogP contribution in [0.15, 0.2) is 36.7 Å². The minimum absolute atomic E-state index is 0.0285. The van der Waals surface area contributed by atoms with Gasteiger partial charge in [-0.3, -0.25) is 4.79 Å². The number of aromatic nitrogens is 4. The Morgan fingerprint density at radius 3 is 2.85 bits per heavy atom. The highest BCUT2D eigenvalue weighted by atomic mass is 19.4. The molecular formula is C16H14F3N5O2. The fraction of sp³-hybridized carbons (Fsp3) is 0.250. The molecule has 10 heteroatoms. The first-order valence-electron chi connectivity index (χ1n) is 7.56. The Morgan fingerprint density at radius 2 is 2.12 bits per heavy atom. The Labute approximate surface area is 145 Å². The summed E-state index contributed by atoms with van der Waals surface area (Å²) in [6, 6.07) is 6.16. The highest BCUT2D eigenvalue weighted by Gasteiger charge is 2.30. The van der Waals surface area contributed by atoms with Crippen molar-refractivity contribution in [1.82, 2.24) is 25.1 Å². The molecule has 3 aromatic rings. The van der Waals surface area contributed by atoms with Gasteiger partial charge in [0.2, 0.25) is 0 Å². The number of alkyl halides is 3. The Morgan fingerprint density at radius 1 is 1.31 bits per heavy atom. The number of amides is 1. The van der Waals surface area contributed by atoms with E-state index in [4.69, 9.17) is 4.74 Å². The van der Waals surface area contributed by atoms with Gasteiger partial charge in [-0.2, -0.15) is 22.8 Å². The highest BCUT2D eigenvalue weighted by molar-refractivity contribution is 5.94. The zero-order chi connectivity index (χ0) is 18.7. The third-order valence-electron chi connectivity index (χ3n) is 3.59. The topological polar surface area (TPSA) is 81.4 Å². The van der Waals surface area contributed by atoms with Gasteiger partial charge in [0, 0.05) is 19.2 Å². The Kier molecular flexibility index (Phi) is 4.85. The van der Waals surface area contributed by atoms with Crippen molar-refractivity contribution in [3.8, 4) is 11.1 Å². The van der Waals surface area contributed by atoms with E-state index >= 15 is 0 Å². The number of fused-ring (bicyclic) bond motifs is 1. The number of rotatable bonds is 5. The number of carbonyl (C=O) groups excluding carboxylic acids is 1. The average Bonchev–Trinajstić information content (AvgIpc) is 3.09. The van der Waals surface area contributed by atoms with Crippen molar-refractivity contribution in [3.05, 3.63) is 47.9 Å². The molecule has 1 aromatic carbocycles. The van der Waals surface area contributed by atoms with Gasteiger partial charge in [-0.25, -0.2) is 0 Å². The number of halogens is 3. The minimum Gasteiger partial charge on any atom is -0.383 e. The molecule has 26 heavy (non-hydrogen) atoms. The van der Waals surface area contributed by atoms with E-state index in [1.54, 1.807) is 0 Å². The van der Waals surface area contributed by atoms with Crippen LogP contribution in [0.4, 0.5) is 13.2 Å². The molecule has 0 radical (unpaired) electrons. The molecule has 0 aliphatic carbocycles. The van der Waals surface area contributed by atoms with E-state index in [1.165, 1.54) is 36.2 Å². The molecule has 1 amide bonds. The second kappa shape index (κ2) is 7.08. The van der Waals surface area contributed by atoms with Gasteiger partial charge >= 0.3 is 6.18 Å². The lowest BCUT2D eigenvalue weighted by atomic mass is 10.0. The second-order valence-corrected chi connectivity index (χ2v) is 5.37. The number of nitrogens with one attached hydrogen (secondary N) is 1. The SMILES string of the molecule is COCCNC(=O)c1cc(-c2cccc(C(F)(F)F)c2)c2nncn2n1. The van der Waals surface area contributed by atoms with E-state index in [9.17, 15) is 18.0 Å². The third kappa shape index (κ3) is 3.64. The van der Waals surface area contributed by atoms with Crippen LogP contribution >= 0.6 is 0 Å². The lowest BCUT2D eigenvalue weighted by Crippen LogP contribution is -2.28. The van der Waals surface area contributed by atoms with Crippen LogP contribution in [0.3, 0.4) is 0 Å². The van der Waals surface area contributed by atoms with E-state index in [-0.39, 0.29) is 23.4 Å². The predicted molar refractivity (Wildman–Crippen MR) is 85.4 cm³/mol. The zero-order valence-electron chi connectivity index (χ0n) is 13.6. The summed E-state index contributed by atoms with van der Waals surface area (Å²) < 4.78 is 45.1. The first kappa shape index (κ1) is 17.8. The monoisotopic (exact) mass is 365 g/mol. The summed E-state index contributed by atoms with van der Waals surface area (Å²) in [4.78, 5) is 12.2. The van der Waals surface area contributed by atoms with E-state index in [0.29, 0.717) is 12.2 Å². The molecule has 1 N–H and O–H groups in total. The lowest BCUT2D eigenvalue weighted by Gasteiger charge is -2.10. The molecule has 0 unspecified atom stereocenters. The van der Waals surface area contributed by atoms with Crippen LogP contribution in [0, 0.1) is 0 Å². The van der Waals surface area contributed by atoms with Gasteiger partial charge in [0.15, 0.2) is 5.65 Å². The number of carbonyl (C=O) groups is 1. The second-order valence-electron chi connectivity index (χ2n) is 5.37. The molecule has 0 spiro atoms. The van der Waals surface area contributed by atoms with Crippen molar-refractivity contribution in [1.29, 1.82) is 0 Å². The molecule has 136 valence electrons. The Bertz CT molecular complexity index is 939. The molecule has 0 aliphatic rings. The number of benzene rings is 1. The number of ether oxygens (including phenoxy) is 1. The van der Waals surface area contributed by atoms with E-state index in [2.05, 4.69) is 20.6 Å². The predicted octanol–water partition coefficient (Wildman–Crippen LogP) is 2.19. The average molecular weight is 365 g/mol. The lowest BCUT2D eigenvalue weighted by molar-refractivity contribution is -0.137. The van der Waals surface area contributed by atoms with E-state index in [0.717, 1.165) is 12.1 Å². The molecule has 7 nitrogen and oxygen atoms in total. The van der Waals surface area contributed by atoms with Crippen LogP contribution in [0.5, 0.6) is 0 Å². The Balaban J connectivity index is 2.05. The van der Waals surface area contributed by atoms with Gasteiger partial charge in [-0.15, -0.1) is 10.2 Å². The summed E-state index contributed by atoms with van der Waals surface area (Å²) >= 11 is 0. The summed E-state index contributed by atoms with van der Waals surface area (Å²) in [5.41, 5.74) is 0.0563.